The molecule has 1 saturated heterocycles. The van der Waals surface area contributed by atoms with Gasteiger partial charge in [0.25, 0.3) is 0 Å². The molecule has 30 heavy (non-hydrogen) atoms. The number of fused-ring (bicyclic) bond motifs is 1. The van der Waals surface area contributed by atoms with Gasteiger partial charge in [-0.15, -0.1) is 0 Å². The fraction of sp³-hybridized carbons (Fsp3) is 0.364. The van der Waals surface area contributed by atoms with Crippen molar-refractivity contribution in [2.24, 2.45) is 0 Å². The Kier molecular flexibility index (Phi) is 5.65. The van der Waals surface area contributed by atoms with E-state index in [4.69, 9.17) is 4.74 Å². The minimum atomic E-state index is -4.58. The number of benzene rings is 2. The van der Waals surface area contributed by atoms with Crippen molar-refractivity contribution >= 4 is 17.1 Å². The minimum absolute atomic E-state index is 0.0236. The maximum atomic E-state index is 13.6. The normalized spacial score (nSPS) is 17.3. The zero-order chi connectivity index (χ0) is 21.1. The highest BCUT2D eigenvalue weighted by molar-refractivity contribution is 5.76. The van der Waals surface area contributed by atoms with Crippen LogP contribution in [-0.2, 0) is 24.1 Å². The summed E-state index contributed by atoms with van der Waals surface area (Å²) >= 11 is 0. The van der Waals surface area contributed by atoms with E-state index in [9.17, 15) is 18.0 Å². The first kappa shape index (κ1) is 20.3. The number of carbonyl (C=O) groups excluding carboxylic acids is 1. The van der Waals surface area contributed by atoms with Gasteiger partial charge in [0.15, 0.2) is 0 Å². The van der Waals surface area contributed by atoms with Gasteiger partial charge in [-0.3, -0.25) is 0 Å². The molecule has 2 aromatic carbocycles. The van der Waals surface area contributed by atoms with Crippen LogP contribution >= 0.6 is 0 Å². The van der Waals surface area contributed by atoms with Crippen molar-refractivity contribution < 1.29 is 22.7 Å². The van der Waals surface area contributed by atoms with Crippen LogP contribution in [0, 0.1) is 0 Å². The average Bonchev–Trinajstić information content (AvgIpc) is 3.12. The smallest absolute Gasteiger partial charge is 0.445 e. The van der Waals surface area contributed by atoms with Gasteiger partial charge in [-0.25, -0.2) is 9.78 Å². The Hall–Kier alpha value is -3.03. The summed E-state index contributed by atoms with van der Waals surface area (Å²) in [5.41, 5.74) is 1.56. The second kappa shape index (κ2) is 8.38. The number of nitrogens with zero attached hydrogens (tertiary/aromatic N) is 3. The Labute approximate surface area is 172 Å². The molecule has 0 N–H and O–H groups in total. The van der Waals surface area contributed by atoms with E-state index in [0.717, 1.165) is 18.4 Å². The molecule has 4 rings (SSSR count). The van der Waals surface area contributed by atoms with Crippen LogP contribution in [-0.4, -0.2) is 33.1 Å². The van der Waals surface area contributed by atoms with E-state index in [1.807, 2.05) is 30.3 Å². The molecule has 1 aliphatic heterocycles. The van der Waals surface area contributed by atoms with E-state index >= 15 is 0 Å². The molecule has 0 aliphatic carbocycles. The Morgan fingerprint density at radius 1 is 1.07 bits per heavy atom. The zero-order valence-electron chi connectivity index (χ0n) is 16.3. The molecule has 1 atom stereocenters. The highest BCUT2D eigenvalue weighted by atomic mass is 19.4. The molecule has 1 fully saturated rings. The van der Waals surface area contributed by atoms with Crippen molar-refractivity contribution in [3.8, 4) is 0 Å². The Morgan fingerprint density at radius 3 is 2.57 bits per heavy atom. The molecule has 1 aromatic heterocycles. The lowest BCUT2D eigenvalue weighted by Gasteiger charge is -2.35. The number of hydrogen-bond donors (Lipinski definition) is 0. The molecule has 0 bridgehead atoms. The highest BCUT2D eigenvalue weighted by Crippen LogP contribution is 2.33. The van der Waals surface area contributed by atoms with Crippen LogP contribution in [0.15, 0.2) is 54.6 Å². The molecule has 1 aliphatic rings. The third kappa shape index (κ3) is 4.27. The topological polar surface area (TPSA) is 47.4 Å². The predicted molar refractivity (Wildman–Crippen MR) is 106 cm³/mol. The summed E-state index contributed by atoms with van der Waals surface area (Å²) in [6.45, 7) is 0.618. The standard InChI is InChI=1S/C22H22F3N3O2/c23-22(24,25)20-26-18-11-4-5-12-19(18)28(20)14-17-10-6-7-13-27(17)21(29)30-15-16-8-2-1-3-9-16/h1-5,8-9,11-12,17H,6-7,10,13-15H2/t17-/m1/s1. The van der Waals surface area contributed by atoms with Gasteiger partial charge in [0, 0.05) is 13.1 Å². The lowest BCUT2D eigenvalue weighted by Crippen LogP contribution is -2.46. The van der Waals surface area contributed by atoms with Gasteiger partial charge in [0.1, 0.15) is 6.61 Å². The van der Waals surface area contributed by atoms with E-state index in [1.165, 1.54) is 4.57 Å². The van der Waals surface area contributed by atoms with Crippen molar-refractivity contribution in [1.82, 2.24) is 14.5 Å². The fourth-order valence-electron chi connectivity index (χ4n) is 3.92. The number of piperidine rings is 1. The zero-order valence-corrected chi connectivity index (χ0v) is 16.3. The molecule has 0 spiro atoms. The number of likely N-dealkylation sites (tertiary alicyclic amines) is 1. The number of alkyl halides is 3. The van der Waals surface area contributed by atoms with Crippen molar-refractivity contribution in [3.63, 3.8) is 0 Å². The Balaban J connectivity index is 1.56. The summed E-state index contributed by atoms with van der Waals surface area (Å²) in [7, 11) is 0. The van der Waals surface area contributed by atoms with E-state index in [0.29, 0.717) is 24.0 Å². The molecule has 0 saturated carbocycles. The van der Waals surface area contributed by atoms with Crippen molar-refractivity contribution in [1.29, 1.82) is 0 Å². The number of amides is 1. The molecule has 5 nitrogen and oxygen atoms in total. The second-order valence-corrected chi connectivity index (χ2v) is 7.42. The quantitative estimate of drug-likeness (QED) is 0.583. The average molecular weight is 417 g/mol. The van der Waals surface area contributed by atoms with Gasteiger partial charge in [-0.2, -0.15) is 13.2 Å². The summed E-state index contributed by atoms with van der Waals surface area (Å²) in [6, 6.07) is 15.4. The summed E-state index contributed by atoms with van der Waals surface area (Å²) in [5, 5.41) is 0. The first-order valence-corrected chi connectivity index (χ1v) is 9.93. The number of hydrogen-bond acceptors (Lipinski definition) is 3. The fourth-order valence-corrected chi connectivity index (χ4v) is 3.92. The molecule has 158 valence electrons. The van der Waals surface area contributed by atoms with Crippen LogP contribution < -0.4 is 0 Å². The largest absolute Gasteiger partial charge is 0.449 e. The SMILES string of the molecule is O=C(OCc1ccccc1)N1CCCC[C@@H]1Cn1c(C(F)(F)F)nc2ccccc21. The maximum absolute atomic E-state index is 13.6. The first-order chi connectivity index (χ1) is 14.4. The summed E-state index contributed by atoms with van der Waals surface area (Å²) in [4.78, 5) is 18.1. The second-order valence-electron chi connectivity index (χ2n) is 7.42. The van der Waals surface area contributed by atoms with Crippen LogP contribution in [0.1, 0.15) is 30.7 Å². The number of rotatable bonds is 4. The van der Waals surface area contributed by atoms with Crippen molar-refractivity contribution in [2.75, 3.05) is 6.54 Å². The number of carbonyl (C=O) groups is 1. The number of aromatic nitrogens is 2. The molecule has 3 aromatic rings. The van der Waals surface area contributed by atoms with E-state index in [-0.39, 0.29) is 19.2 Å². The molecule has 1 amide bonds. The van der Waals surface area contributed by atoms with Gasteiger partial charge < -0.3 is 14.2 Å². The Bertz CT molecular complexity index is 1020. The monoisotopic (exact) mass is 417 g/mol. The molecule has 0 unspecified atom stereocenters. The van der Waals surface area contributed by atoms with Crippen molar-refractivity contribution in [2.45, 2.75) is 44.6 Å². The van der Waals surface area contributed by atoms with Crippen LogP contribution in [0.25, 0.3) is 11.0 Å². The minimum Gasteiger partial charge on any atom is -0.445 e. The maximum Gasteiger partial charge on any atom is 0.449 e. The van der Waals surface area contributed by atoms with E-state index in [1.54, 1.807) is 29.2 Å². The number of para-hydroxylation sites is 2. The summed E-state index contributed by atoms with van der Waals surface area (Å²) in [5.74, 6) is -0.938. The predicted octanol–water partition coefficient (Wildman–Crippen LogP) is 5.25. The van der Waals surface area contributed by atoms with E-state index < -0.39 is 18.1 Å². The highest BCUT2D eigenvalue weighted by Gasteiger charge is 2.39. The number of halogens is 3. The Morgan fingerprint density at radius 2 is 1.80 bits per heavy atom. The number of imidazole rings is 1. The van der Waals surface area contributed by atoms with E-state index in [2.05, 4.69) is 4.98 Å². The van der Waals surface area contributed by atoms with Gasteiger partial charge in [-0.1, -0.05) is 42.5 Å². The molecular weight excluding hydrogens is 395 g/mol. The lowest BCUT2D eigenvalue weighted by atomic mass is 10.0. The first-order valence-electron chi connectivity index (χ1n) is 9.93. The van der Waals surface area contributed by atoms with Gasteiger partial charge in [0.2, 0.25) is 5.82 Å². The molecule has 8 heteroatoms. The van der Waals surface area contributed by atoms with Gasteiger partial charge >= 0.3 is 12.3 Å². The van der Waals surface area contributed by atoms with Gasteiger partial charge in [0.05, 0.1) is 17.1 Å². The summed E-state index contributed by atoms with van der Waals surface area (Å²) in [6.07, 6.45) is -2.81. The number of ether oxygens (including phenoxy) is 1. The van der Waals surface area contributed by atoms with Crippen LogP contribution in [0.4, 0.5) is 18.0 Å². The summed E-state index contributed by atoms with van der Waals surface area (Å²) < 4.78 is 47.5. The van der Waals surface area contributed by atoms with Gasteiger partial charge in [-0.05, 0) is 37.0 Å². The van der Waals surface area contributed by atoms with Crippen LogP contribution in [0.2, 0.25) is 0 Å². The molecular formula is C22H22F3N3O2. The molecule has 0 radical (unpaired) electrons. The van der Waals surface area contributed by atoms with Crippen LogP contribution in [0.5, 0.6) is 0 Å². The third-order valence-electron chi connectivity index (χ3n) is 5.37. The van der Waals surface area contributed by atoms with Crippen molar-refractivity contribution in [3.05, 3.63) is 66.0 Å². The lowest BCUT2D eigenvalue weighted by molar-refractivity contribution is -0.147. The third-order valence-corrected chi connectivity index (χ3v) is 5.37. The van der Waals surface area contributed by atoms with Crippen LogP contribution in [0.3, 0.4) is 0 Å². The molecule has 2 heterocycles.